The molecule has 1 N–H and O–H groups in total. The first kappa shape index (κ1) is 43.1. The molecule has 318 valence electrons. The van der Waals surface area contributed by atoms with Crippen molar-refractivity contribution in [1.29, 1.82) is 0 Å². The second-order valence-electron chi connectivity index (χ2n) is 17.2. The molecule has 3 heterocycles. The van der Waals surface area contributed by atoms with Crippen molar-refractivity contribution in [2.24, 2.45) is 11.8 Å². The molecular weight excluding hydrogens is 762 g/mol. The summed E-state index contributed by atoms with van der Waals surface area (Å²) in [5.41, 5.74) is 3.08. The van der Waals surface area contributed by atoms with E-state index in [4.69, 9.17) is 23.7 Å². The molecule has 6 atom stereocenters. The van der Waals surface area contributed by atoms with Crippen molar-refractivity contribution in [3.63, 3.8) is 0 Å². The van der Waals surface area contributed by atoms with Gasteiger partial charge >= 0.3 is 24.1 Å². The average molecular weight is 818 g/mol. The van der Waals surface area contributed by atoms with Gasteiger partial charge in [0, 0.05) is 29.3 Å². The van der Waals surface area contributed by atoms with E-state index in [1.54, 1.807) is 58.9 Å². The Hall–Kier alpha value is -5.47. The van der Waals surface area contributed by atoms with E-state index in [0.29, 0.717) is 49.1 Å². The molecule has 0 radical (unpaired) electrons. The molecular formula is C44H55N3O12. The maximum Gasteiger partial charge on any atom is 0.411 e. The van der Waals surface area contributed by atoms with Crippen LogP contribution in [0.2, 0.25) is 0 Å². The predicted octanol–water partition coefficient (Wildman–Crippen LogP) is 5.81. The van der Waals surface area contributed by atoms with Crippen molar-refractivity contribution in [1.82, 2.24) is 15.1 Å². The van der Waals surface area contributed by atoms with Gasteiger partial charge in [0.2, 0.25) is 11.7 Å². The van der Waals surface area contributed by atoms with Gasteiger partial charge in [-0.2, -0.15) is 0 Å². The van der Waals surface area contributed by atoms with Crippen molar-refractivity contribution in [3.05, 3.63) is 52.6 Å². The summed E-state index contributed by atoms with van der Waals surface area (Å²) in [5, 5.41) is 2.57. The van der Waals surface area contributed by atoms with Gasteiger partial charge in [-0.1, -0.05) is 39.3 Å². The highest BCUT2D eigenvalue weighted by atomic mass is 16.6. The van der Waals surface area contributed by atoms with E-state index in [2.05, 4.69) is 5.32 Å². The molecule has 4 aliphatic rings. The zero-order valence-corrected chi connectivity index (χ0v) is 35.1. The van der Waals surface area contributed by atoms with Crippen LogP contribution in [0.1, 0.15) is 112 Å². The number of carbonyl (C=O) groups excluding carboxylic acids is 7. The van der Waals surface area contributed by atoms with Crippen LogP contribution in [0, 0.1) is 11.8 Å². The zero-order chi connectivity index (χ0) is 42.9. The highest BCUT2D eigenvalue weighted by Crippen LogP contribution is 2.42. The smallest absolute Gasteiger partial charge is 0.411 e. The number of carbonyl (C=O) groups is 7. The number of hydrogen-bond donors (Lipinski definition) is 1. The van der Waals surface area contributed by atoms with Crippen LogP contribution in [-0.4, -0.2) is 108 Å². The molecule has 2 fully saturated rings. The fraction of sp³-hybridized carbons (Fsp3) is 0.568. The number of aryl methyl sites for hydroxylation is 1. The fourth-order valence-electron chi connectivity index (χ4n) is 8.35. The van der Waals surface area contributed by atoms with E-state index in [-0.39, 0.29) is 36.7 Å². The lowest BCUT2D eigenvalue weighted by Gasteiger charge is -2.33. The second kappa shape index (κ2) is 17.4. The summed E-state index contributed by atoms with van der Waals surface area (Å²) in [5.74, 6) is -2.20. The second-order valence-corrected chi connectivity index (χ2v) is 17.2. The van der Waals surface area contributed by atoms with Crippen molar-refractivity contribution in [2.45, 2.75) is 129 Å². The molecule has 6 rings (SSSR count). The molecule has 2 unspecified atom stereocenters. The Morgan fingerprint density at radius 1 is 0.932 bits per heavy atom. The summed E-state index contributed by atoms with van der Waals surface area (Å²) in [6.07, 6.45) is 0.431. The predicted molar refractivity (Wildman–Crippen MR) is 213 cm³/mol. The number of hydrogen-bond acceptors (Lipinski definition) is 12. The summed E-state index contributed by atoms with van der Waals surface area (Å²) in [4.78, 5) is 95.2. The van der Waals surface area contributed by atoms with Crippen molar-refractivity contribution >= 4 is 41.6 Å². The highest BCUT2D eigenvalue weighted by Gasteiger charge is 2.45. The Balaban J connectivity index is 1.10. The molecule has 0 aromatic heterocycles. The molecule has 3 amide bonds. The SMILES string of the molecule is CC[C@H]1CC(C(=O)OCC(=O)c2ccc3c(c2)COc2cc4c(cc2-3)CCC(OC(=O)[C@@H]2CC[C@H](C)N2C(=O)[C@@H](NC(=O)OC)C(C)C)C4=O)N(C(=O)OC(C)(C)C)C1. The van der Waals surface area contributed by atoms with Crippen LogP contribution in [0.25, 0.3) is 11.1 Å². The third-order valence-corrected chi connectivity index (χ3v) is 11.6. The van der Waals surface area contributed by atoms with E-state index in [1.807, 2.05) is 19.9 Å². The maximum atomic E-state index is 13.8. The van der Waals surface area contributed by atoms with Gasteiger partial charge in [-0.25, -0.2) is 19.2 Å². The molecule has 0 spiro atoms. The van der Waals surface area contributed by atoms with E-state index in [1.165, 1.54) is 16.9 Å². The molecule has 0 saturated carbocycles. The minimum absolute atomic E-state index is 0.112. The lowest BCUT2D eigenvalue weighted by atomic mass is 9.84. The summed E-state index contributed by atoms with van der Waals surface area (Å²) >= 11 is 0. The number of alkyl carbamates (subject to hydrolysis) is 1. The average Bonchev–Trinajstić information content (AvgIpc) is 3.82. The van der Waals surface area contributed by atoms with Gasteiger partial charge in [-0.05, 0) is 107 Å². The Labute approximate surface area is 344 Å². The summed E-state index contributed by atoms with van der Waals surface area (Å²) in [6.45, 7) is 12.7. The Bertz CT molecular complexity index is 2020. The normalized spacial score (nSPS) is 22.7. The highest BCUT2D eigenvalue weighted by molar-refractivity contribution is 6.04. The largest absolute Gasteiger partial charge is 0.488 e. The number of ketones is 2. The maximum absolute atomic E-state index is 13.8. The molecule has 3 aliphatic heterocycles. The molecule has 2 aromatic rings. The number of benzene rings is 2. The van der Waals surface area contributed by atoms with Crippen LogP contribution in [0.5, 0.6) is 5.75 Å². The fourth-order valence-corrected chi connectivity index (χ4v) is 8.35. The topological polar surface area (TPSA) is 184 Å². The minimum atomic E-state index is -1.05. The van der Waals surface area contributed by atoms with Crippen LogP contribution >= 0.6 is 0 Å². The Morgan fingerprint density at radius 2 is 1.68 bits per heavy atom. The van der Waals surface area contributed by atoms with Gasteiger partial charge in [0.15, 0.2) is 18.5 Å². The summed E-state index contributed by atoms with van der Waals surface area (Å²) in [6, 6.07) is 5.79. The van der Waals surface area contributed by atoms with Crippen LogP contribution in [0.3, 0.4) is 0 Å². The lowest BCUT2D eigenvalue weighted by molar-refractivity contribution is -0.158. The number of methoxy groups -OCH3 is 1. The first-order valence-corrected chi connectivity index (χ1v) is 20.4. The Morgan fingerprint density at radius 3 is 2.36 bits per heavy atom. The standard InChI is InChI=1S/C44H55N3O12/c1-9-25-16-33(46(20-25)43(54)59-44(5,6)7)40(51)57-22-34(48)27-11-13-29-28(17-27)21-56-36-19-30-26(18-31(29)36)12-15-35(38(30)49)58-41(52)32-14-10-24(4)47(32)39(50)37(23(2)3)45-42(53)55-8/h11,13,17-19,23-25,32-33,35,37H,9-10,12,14-16,20-22H2,1-8H3,(H,45,53)/t24-,25-,32-,33?,35?,37-/m0/s1. The molecule has 15 nitrogen and oxygen atoms in total. The monoisotopic (exact) mass is 817 g/mol. The quantitative estimate of drug-likeness (QED) is 0.173. The molecule has 2 aromatic carbocycles. The first-order chi connectivity index (χ1) is 27.9. The number of nitrogens with one attached hydrogen (secondary N) is 1. The summed E-state index contributed by atoms with van der Waals surface area (Å²) < 4.78 is 27.6. The number of fused-ring (bicyclic) bond motifs is 4. The first-order valence-electron chi connectivity index (χ1n) is 20.4. The van der Waals surface area contributed by atoms with Crippen molar-refractivity contribution in [3.8, 4) is 16.9 Å². The third kappa shape index (κ3) is 9.23. The van der Waals surface area contributed by atoms with E-state index < -0.39 is 72.3 Å². The van der Waals surface area contributed by atoms with Gasteiger partial charge in [0.05, 0.1) is 7.11 Å². The van der Waals surface area contributed by atoms with Gasteiger partial charge in [0.1, 0.15) is 36.1 Å². The number of rotatable bonds is 10. The summed E-state index contributed by atoms with van der Waals surface area (Å²) in [7, 11) is 1.21. The van der Waals surface area contributed by atoms with E-state index in [0.717, 1.165) is 28.7 Å². The number of Topliss-reactive ketones (excluding diaryl/α,β-unsaturated/α-hetero) is 2. The lowest BCUT2D eigenvalue weighted by Crippen LogP contribution is -2.56. The van der Waals surface area contributed by atoms with Crippen molar-refractivity contribution < 1.29 is 57.2 Å². The molecule has 59 heavy (non-hydrogen) atoms. The van der Waals surface area contributed by atoms with Crippen LogP contribution < -0.4 is 10.1 Å². The molecule has 1 aliphatic carbocycles. The van der Waals surface area contributed by atoms with Crippen molar-refractivity contribution in [2.75, 3.05) is 20.3 Å². The van der Waals surface area contributed by atoms with E-state index >= 15 is 0 Å². The van der Waals surface area contributed by atoms with Gasteiger partial charge in [0.25, 0.3) is 0 Å². The van der Waals surface area contributed by atoms with Gasteiger partial charge in [-0.15, -0.1) is 0 Å². The van der Waals surface area contributed by atoms with Crippen LogP contribution in [-0.2, 0) is 46.4 Å². The molecule has 0 bridgehead atoms. The third-order valence-electron chi connectivity index (χ3n) is 11.6. The number of nitrogens with zero attached hydrogens (tertiary/aromatic N) is 2. The molecule has 15 heteroatoms. The number of likely N-dealkylation sites (tertiary alicyclic amines) is 2. The van der Waals surface area contributed by atoms with Crippen LogP contribution in [0.15, 0.2) is 30.3 Å². The van der Waals surface area contributed by atoms with Gasteiger partial charge in [-0.3, -0.25) is 19.3 Å². The van der Waals surface area contributed by atoms with Gasteiger partial charge < -0.3 is 33.9 Å². The van der Waals surface area contributed by atoms with Crippen LogP contribution in [0.4, 0.5) is 9.59 Å². The number of esters is 2. The number of ether oxygens (including phenoxy) is 5. The van der Waals surface area contributed by atoms with E-state index in [9.17, 15) is 33.6 Å². The molecule has 2 saturated heterocycles. The Kier molecular flexibility index (Phi) is 12.7. The zero-order valence-electron chi connectivity index (χ0n) is 35.1. The number of amides is 3. The minimum Gasteiger partial charge on any atom is -0.488 e.